The van der Waals surface area contributed by atoms with Crippen LogP contribution in [-0.4, -0.2) is 23.1 Å². The molecule has 0 N–H and O–H groups in total. The lowest BCUT2D eigenvalue weighted by Crippen LogP contribution is -2.34. The summed E-state index contributed by atoms with van der Waals surface area (Å²) in [6, 6.07) is 0. The fraction of sp³-hybridized carbons (Fsp3) is 0.455. The van der Waals surface area contributed by atoms with E-state index in [0.29, 0.717) is 5.92 Å². The van der Waals surface area contributed by atoms with E-state index in [1.165, 1.54) is 0 Å². The molecule has 0 aromatic carbocycles. The van der Waals surface area contributed by atoms with Crippen molar-refractivity contribution in [3.8, 4) is 12.3 Å². The van der Waals surface area contributed by atoms with Crippen molar-refractivity contribution in [2.75, 3.05) is 18.0 Å². The van der Waals surface area contributed by atoms with Gasteiger partial charge in [0.2, 0.25) is 0 Å². The van der Waals surface area contributed by atoms with Crippen molar-refractivity contribution in [1.29, 1.82) is 0 Å². The zero-order chi connectivity index (χ0) is 10.7. The van der Waals surface area contributed by atoms with E-state index < -0.39 is 0 Å². The predicted octanol–water partition coefficient (Wildman–Crippen LogP) is 2.09. The van der Waals surface area contributed by atoms with Gasteiger partial charge in [0, 0.05) is 25.2 Å². The number of terminal acetylenes is 1. The lowest BCUT2D eigenvalue weighted by Gasteiger charge is -2.31. The molecule has 0 aliphatic carbocycles. The maximum absolute atomic E-state index is 5.41. The smallest absolute Gasteiger partial charge is 0.146 e. The Kier molecular flexibility index (Phi) is 3.22. The zero-order valence-electron chi connectivity index (χ0n) is 8.36. The molecule has 1 aliphatic heterocycles. The molecule has 4 heteroatoms. The first-order chi connectivity index (χ1) is 7.31. The third-order valence-corrected chi connectivity index (χ3v) is 3.24. The maximum Gasteiger partial charge on any atom is 0.146 e. The van der Waals surface area contributed by atoms with Crippen molar-refractivity contribution < 1.29 is 0 Å². The first-order valence-electron chi connectivity index (χ1n) is 4.98. The molecule has 0 bridgehead atoms. The van der Waals surface area contributed by atoms with Gasteiger partial charge in [0.05, 0.1) is 4.47 Å². The van der Waals surface area contributed by atoms with Crippen LogP contribution in [0, 0.1) is 18.3 Å². The van der Waals surface area contributed by atoms with Crippen LogP contribution in [0.4, 0.5) is 5.82 Å². The van der Waals surface area contributed by atoms with E-state index in [4.69, 9.17) is 6.42 Å². The molecule has 1 fully saturated rings. The number of rotatable bonds is 1. The Morgan fingerprint density at radius 1 is 1.47 bits per heavy atom. The SMILES string of the molecule is C#CC1CCN(c2ncncc2Br)CC1. The standard InChI is InChI=1S/C11H12BrN3/c1-2-9-3-5-15(6-4-9)11-10(12)7-13-8-14-11/h1,7-9H,3-6H2. The molecule has 0 amide bonds. The molecule has 2 heterocycles. The number of anilines is 1. The van der Waals surface area contributed by atoms with Crippen LogP contribution >= 0.6 is 15.9 Å². The molecule has 15 heavy (non-hydrogen) atoms. The van der Waals surface area contributed by atoms with E-state index in [2.05, 4.69) is 36.7 Å². The number of nitrogens with zero attached hydrogens (tertiary/aromatic N) is 3. The maximum atomic E-state index is 5.41. The molecule has 0 radical (unpaired) electrons. The molecule has 1 aromatic rings. The summed E-state index contributed by atoms with van der Waals surface area (Å²) in [4.78, 5) is 10.5. The van der Waals surface area contributed by atoms with Crippen molar-refractivity contribution in [1.82, 2.24) is 9.97 Å². The van der Waals surface area contributed by atoms with Gasteiger partial charge < -0.3 is 4.90 Å². The highest BCUT2D eigenvalue weighted by molar-refractivity contribution is 9.10. The molecule has 78 valence electrons. The van der Waals surface area contributed by atoms with Gasteiger partial charge >= 0.3 is 0 Å². The Morgan fingerprint density at radius 3 is 2.80 bits per heavy atom. The average Bonchev–Trinajstić information content (AvgIpc) is 2.30. The number of hydrogen-bond donors (Lipinski definition) is 0. The lowest BCUT2D eigenvalue weighted by atomic mass is 9.98. The van der Waals surface area contributed by atoms with E-state index >= 15 is 0 Å². The molecular formula is C11H12BrN3. The quantitative estimate of drug-likeness (QED) is 0.729. The average molecular weight is 266 g/mol. The Labute approximate surface area is 98.0 Å². The largest absolute Gasteiger partial charge is 0.355 e. The summed E-state index contributed by atoms with van der Waals surface area (Å²) in [6.45, 7) is 1.95. The van der Waals surface area contributed by atoms with Gasteiger partial charge in [0.1, 0.15) is 12.1 Å². The lowest BCUT2D eigenvalue weighted by molar-refractivity contribution is 0.489. The fourth-order valence-electron chi connectivity index (χ4n) is 1.80. The van der Waals surface area contributed by atoms with Crippen LogP contribution in [0.2, 0.25) is 0 Å². The predicted molar refractivity (Wildman–Crippen MR) is 63.5 cm³/mol. The van der Waals surface area contributed by atoms with E-state index in [1.54, 1.807) is 12.5 Å². The van der Waals surface area contributed by atoms with Gasteiger partial charge in [-0.05, 0) is 28.8 Å². The summed E-state index contributed by atoms with van der Waals surface area (Å²) in [5, 5.41) is 0. The molecule has 1 aromatic heterocycles. The number of halogens is 1. The molecule has 0 saturated carbocycles. The third-order valence-electron chi connectivity index (χ3n) is 2.68. The molecule has 3 nitrogen and oxygen atoms in total. The van der Waals surface area contributed by atoms with Crippen molar-refractivity contribution in [3.63, 3.8) is 0 Å². The topological polar surface area (TPSA) is 29.0 Å². The van der Waals surface area contributed by atoms with Crippen LogP contribution in [0.1, 0.15) is 12.8 Å². The minimum absolute atomic E-state index is 0.432. The molecule has 2 rings (SSSR count). The van der Waals surface area contributed by atoms with Crippen LogP contribution in [-0.2, 0) is 0 Å². The minimum Gasteiger partial charge on any atom is -0.355 e. The highest BCUT2D eigenvalue weighted by atomic mass is 79.9. The van der Waals surface area contributed by atoms with E-state index in [9.17, 15) is 0 Å². The summed E-state index contributed by atoms with van der Waals surface area (Å²) in [5.41, 5.74) is 0. The van der Waals surface area contributed by atoms with Crippen molar-refractivity contribution in [2.45, 2.75) is 12.8 Å². The van der Waals surface area contributed by atoms with Crippen LogP contribution in [0.25, 0.3) is 0 Å². The Hall–Kier alpha value is -1.08. The Morgan fingerprint density at radius 2 is 2.20 bits per heavy atom. The summed E-state index contributed by atoms with van der Waals surface area (Å²) in [6.07, 6.45) is 10.9. The van der Waals surface area contributed by atoms with Crippen LogP contribution in [0.5, 0.6) is 0 Å². The highest BCUT2D eigenvalue weighted by Crippen LogP contribution is 2.26. The van der Waals surface area contributed by atoms with Gasteiger partial charge in [-0.15, -0.1) is 12.3 Å². The summed E-state index contributed by atoms with van der Waals surface area (Å²) in [5.74, 6) is 4.22. The fourth-order valence-corrected chi connectivity index (χ4v) is 2.27. The van der Waals surface area contributed by atoms with Gasteiger partial charge in [0.25, 0.3) is 0 Å². The van der Waals surface area contributed by atoms with E-state index in [-0.39, 0.29) is 0 Å². The summed E-state index contributed by atoms with van der Waals surface area (Å²) in [7, 11) is 0. The van der Waals surface area contributed by atoms with Gasteiger partial charge in [-0.2, -0.15) is 0 Å². The normalized spacial score (nSPS) is 17.5. The van der Waals surface area contributed by atoms with E-state index in [1.807, 2.05) is 0 Å². The van der Waals surface area contributed by atoms with Crippen LogP contribution in [0.3, 0.4) is 0 Å². The van der Waals surface area contributed by atoms with Crippen molar-refractivity contribution in [3.05, 3.63) is 17.0 Å². The molecule has 0 unspecified atom stereocenters. The molecule has 0 spiro atoms. The van der Waals surface area contributed by atoms with Crippen LogP contribution < -0.4 is 4.90 Å². The second kappa shape index (κ2) is 4.63. The Bertz CT molecular complexity index is 378. The van der Waals surface area contributed by atoms with Crippen molar-refractivity contribution in [2.24, 2.45) is 5.92 Å². The second-order valence-corrected chi connectivity index (χ2v) is 4.48. The number of piperidine rings is 1. The van der Waals surface area contributed by atoms with Crippen molar-refractivity contribution >= 4 is 21.7 Å². The highest BCUT2D eigenvalue weighted by Gasteiger charge is 2.19. The van der Waals surface area contributed by atoms with Gasteiger partial charge in [-0.1, -0.05) is 0 Å². The third kappa shape index (κ3) is 2.29. The first kappa shape index (κ1) is 10.4. The molecular weight excluding hydrogens is 254 g/mol. The zero-order valence-corrected chi connectivity index (χ0v) is 9.94. The monoisotopic (exact) mass is 265 g/mol. The minimum atomic E-state index is 0.432. The molecule has 1 saturated heterocycles. The van der Waals surface area contributed by atoms with Gasteiger partial charge in [-0.25, -0.2) is 9.97 Å². The summed E-state index contributed by atoms with van der Waals surface area (Å²) >= 11 is 3.46. The Balaban J connectivity index is 2.08. The summed E-state index contributed by atoms with van der Waals surface area (Å²) < 4.78 is 0.948. The second-order valence-electron chi connectivity index (χ2n) is 3.62. The number of aromatic nitrogens is 2. The first-order valence-corrected chi connectivity index (χ1v) is 5.77. The molecule has 1 aliphatic rings. The van der Waals surface area contributed by atoms with Gasteiger partial charge in [0.15, 0.2) is 0 Å². The molecule has 0 atom stereocenters. The van der Waals surface area contributed by atoms with E-state index in [0.717, 1.165) is 36.2 Å². The van der Waals surface area contributed by atoms with Gasteiger partial charge in [-0.3, -0.25) is 0 Å². The van der Waals surface area contributed by atoms with Crippen LogP contribution in [0.15, 0.2) is 17.0 Å². The number of hydrogen-bond acceptors (Lipinski definition) is 3.